The highest BCUT2D eigenvalue weighted by molar-refractivity contribution is 5.57. The van der Waals surface area contributed by atoms with Gasteiger partial charge < -0.3 is 23.7 Å². The summed E-state index contributed by atoms with van der Waals surface area (Å²) in [4.78, 5) is 12.6. The Kier molecular flexibility index (Phi) is 9.66. The third-order valence-corrected chi connectivity index (χ3v) is 6.99. The molecule has 1 saturated heterocycles. The molecule has 1 heterocycles. The molecule has 0 N–H and O–H groups in total. The van der Waals surface area contributed by atoms with Gasteiger partial charge in [0, 0.05) is 0 Å². The molecular formula is C34H34O5. The second-order valence-electron chi connectivity index (χ2n) is 9.74. The number of rotatable bonds is 12. The predicted octanol–water partition coefficient (Wildman–Crippen LogP) is 6.33. The molecule has 4 aromatic rings. The fraction of sp³-hybridized carbons (Fsp3) is 0.265. The molecule has 0 aromatic heterocycles. The van der Waals surface area contributed by atoms with Crippen LogP contribution in [0, 0.1) is 5.92 Å². The van der Waals surface area contributed by atoms with Gasteiger partial charge in [-0.1, -0.05) is 121 Å². The molecule has 0 spiro atoms. The second kappa shape index (κ2) is 14.0. The van der Waals surface area contributed by atoms with Crippen LogP contribution < -0.4 is 0 Å². The molecule has 5 atom stereocenters. The summed E-state index contributed by atoms with van der Waals surface area (Å²) in [7, 11) is 0. The minimum absolute atomic E-state index is 0.300. The summed E-state index contributed by atoms with van der Waals surface area (Å²) in [5.74, 6) is -0.553. The van der Waals surface area contributed by atoms with Crippen LogP contribution in [0.2, 0.25) is 0 Å². The molecule has 5 nitrogen and oxygen atoms in total. The molecule has 39 heavy (non-hydrogen) atoms. The van der Waals surface area contributed by atoms with Crippen molar-refractivity contribution in [2.45, 2.75) is 44.2 Å². The highest BCUT2D eigenvalue weighted by Gasteiger charge is 2.48. The van der Waals surface area contributed by atoms with Gasteiger partial charge in [0.25, 0.3) is 0 Å². The van der Waals surface area contributed by atoms with Gasteiger partial charge in [-0.25, -0.2) is 0 Å². The first kappa shape index (κ1) is 27.0. The number of hydrogen-bond donors (Lipinski definition) is 0. The number of carbonyl (C=O) groups excluding carboxylic acids is 1. The molecule has 200 valence electrons. The molecule has 0 bridgehead atoms. The molecule has 5 heteroatoms. The Bertz CT molecular complexity index is 1250. The lowest BCUT2D eigenvalue weighted by Crippen LogP contribution is -2.55. The van der Waals surface area contributed by atoms with E-state index in [4.69, 9.17) is 18.9 Å². The van der Waals surface area contributed by atoms with Crippen LogP contribution in [0.25, 0.3) is 0 Å². The Morgan fingerprint density at radius 2 is 1.05 bits per heavy atom. The van der Waals surface area contributed by atoms with Crippen LogP contribution >= 0.6 is 0 Å². The van der Waals surface area contributed by atoms with E-state index in [2.05, 4.69) is 0 Å². The van der Waals surface area contributed by atoms with Crippen molar-refractivity contribution >= 4 is 6.29 Å². The number of benzene rings is 4. The predicted molar refractivity (Wildman–Crippen MR) is 150 cm³/mol. The molecule has 4 aromatic carbocycles. The van der Waals surface area contributed by atoms with E-state index in [1.165, 1.54) is 0 Å². The molecule has 1 aliphatic rings. The standard InChI is InChI=1S/C34H34O5/c35-21-30-32(29-19-11-4-12-20-29)39-31(25-36-22-26-13-5-1-6-14-26)34(38-24-28-17-9-3-10-18-28)33(30)37-23-27-15-7-2-8-16-27/h1-21,30-34H,22-25H2/t30-,31-,32-,33-,34-/m1/s1. The normalized spacial score (nSPS) is 22.8. The first-order valence-electron chi connectivity index (χ1n) is 13.4. The molecule has 1 aliphatic heterocycles. The van der Waals surface area contributed by atoms with E-state index in [0.29, 0.717) is 26.4 Å². The van der Waals surface area contributed by atoms with Crippen molar-refractivity contribution in [3.8, 4) is 0 Å². The van der Waals surface area contributed by atoms with Crippen LogP contribution in [0.4, 0.5) is 0 Å². The third-order valence-electron chi connectivity index (χ3n) is 6.99. The number of aldehydes is 1. The molecule has 0 radical (unpaired) electrons. The molecule has 5 rings (SSSR count). The zero-order valence-corrected chi connectivity index (χ0v) is 21.9. The smallest absolute Gasteiger partial charge is 0.128 e. The van der Waals surface area contributed by atoms with Crippen LogP contribution in [0.15, 0.2) is 121 Å². The van der Waals surface area contributed by atoms with Crippen LogP contribution in [0.5, 0.6) is 0 Å². The maximum absolute atomic E-state index is 12.6. The van der Waals surface area contributed by atoms with Gasteiger partial charge in [-0.05, 0) is 22.3 Å². The van der Waals surface area contributed by atoms with Gasteiger partial charge in [0.2, 0.25) is 0 Å². The molecule has 0 unspecified atom stereocenters. The highest BCUT2D eigenvalue weighted by Crippen LogP contribution is 2.39. The molecule has 0 amide bonds. The summed E-state index contributed by atoms with van der Waals surface area (Å²) in [5.41, 5.74) is 4.08. The second-order valence-corrected chi connectivity index (χ2v) is 9.74. The summed E-state index contributed by atoms with van der Waals surface area (Å²) < 4.78 is 25.8. The van der Waals surface area contributed by atoms with Crippen molar-refractivity contribution in [1.29, 1.82) is 0 Å². The van der Waals surface area contributed by atoms with Crippen LogP contribution in [-0.4, -0.2) is 31.2 Å². The van der Waals surface area contributed by atoms with Gasteiger partial charge in [0.05, 0.1) is 44.6 Å². The Hall–Kier alpha value is -3.61. The molecule has 0 saturated carbocycles. The number of carbonyl (C=O) groups is 1. The largest absolute Gasteiger partial charge is 0.374 e. The zero-order chi connectivity index (χ0) is 26.7. The zero-order valence-electron chi connectivity index (χ0n) is 21.9. The van der Waals surface area contributed by atoms with Crippen molar-refractivity contribution < 1.29 is 23.7 Å². The van der Waals surface area contributed by atoms with Crippen molar-refractivity contribution in [3.63, 3.8) is 0 Å². The summed E-state index contributed by atoms with van der Waals surface area (Å²) in [6.07, 6.45) is -1.02. The van der Waals surface area contributed by atoms with Crippen molar-refractivity contribution in [2.75, 3.05) is 6.61 Å². The first-order chi connectivity index (χ1) is 19.3. The summed E-state index contributed by atoms with van der Waals surface area (Å²) >= 11 is 0. The van der Waals surface area contributed by atoms with E-state index < -0.39 is 30.3 Å². The van der Waals surface area contributed by atoms with Gasteiger partial charge in [-0.3, -0.25) is 0 Å². The van der Waals surface area contributed by atoms with Gasteiger partial charge in [0.15, 0.2) is 0 Å². The van der Waals surface area contributed by atoms with Crippen molar-refractivity contribution in [1.82, 2.24) is 0 Å². The van der Waals surface area contributed by atoms with E-state index in [-0.39, 0.29) is 0 Å². The molecule has 1 fully saturated rings. The molecule has 0 aliphatic carbocycles. The fourth-order valence-electron chi connectivity index (χ4n) is 4.99. The Morgan fingerprint density at radius 3 is 1.56 bits per heavy atom. The van der Waals surface area contributed by atoms with Crippen molar-refractivity contribution in [2.24, 2.45) is 5.92 Å². The third kappa shape index (κ3) is 7.28. The summed E-state index contributed by atoms with van der Waals surface area (Å²) in [5, 5.41) is 0. The minimum Gasteiger partial charge on any atom is -0.374 e. The van der Waals surface area contributed by atoms with E-state index in [1.807, 2.05) is 121 Å². The lowest BCUT2D eigenvalue weighted by Gasteiger charge is -2.45. The minimum atomic E-state index is -0.553. The average Bonchev–Trinajstić information content (AvgIpc) is 3.01. The SMILES string of the molecule is O=C[C@H]1[C@@H](OCc2ccccc2)[C@H](OCc2ccccc2)[C@@H](COCc2ccccc2)O[C@@H]1c1ccccc1. The van der Waals surface area contributed by atoms with Gasteiger partial charge in [-0.15, -0.1) is 0 Å². The topological polar surface area (TPSA) is 54.0 Å². The Balaban J connectivity index is 1.42. The van der Waals surface area contributed by atoms with Gasteiger partial charge in [0.1, 0.15) is 18.5 Å². The maximum atomic E-state index is 12.6. The number of ether oxygens (including phenoxy) is 4. The average molecular weight is 523 g/mol. The lowest BCUT2D eigenvalue weighted by atomic mass is 9.84. The first-order valence-corrected chi connectivity index (χ1v) is 13.4. The van der Waals surface area contributed by atoms with E-state index >= 15 is 0 Å². The van der Waals surface area contributed by atoms with E-state index in [9.17, 15) is 4.79 Å². The van der Waals surface area contributed by atoms with E-state index in [0.717, 1.165) is 28.5 Å². The summed E-state index contributed by atoms with van der Waals surface area (Å²) in [6.45, 7) is 1.49. The quantitative estimate of drug-likeness (QED) is 0.204. The lowest BCUT2D eigenvalue weighted by molar-refractivity contribution is -0.241. The van der Waals surface area contributed by atoms with Crippen LogP contribution in [-0.2, 0) is 43.6 Å². The van der Waals surface area contributed by atoms with Gasteiger partial charge in [-0.2, -0.15) is 0 Å². The number of hydrogen-bond acceptors (Lipinski definition) is 5. The monoisotopic (exact) mass is 522 g/mol. The Morgan fingerprint density at radius 1 is 0.590 bits per heavy atom. The maximum Gasteiger partial charge on any atom is 0.128 e. The van der Waals surface area contributed by atoms with Gasteiger partial charge >= 0.3 is 0 Å². The Labute approximate surface area is 230 Å². The van der Waals surface area contributed by atoms with Crippen molar-refractivity contribution in [3.05, 3.63) is 144 Å². The van der Waals surface area contributed by atoms with Crippen LogP contribution in [0.3, 0.4) is 0 Å². The fourth-order valence-corrected chi connectivity index (χ4v) is 4.99. The molecular weight excluding hydrogens is 488 g/mol. The summed E-state index contributed by atoms with van der Waals surface area (Å²) in [6, 6.07) is 39.9. The highest BCUT2D eigenvalue weighted by atomic mass is 16.6. The van der Waals surface area contributed by atoms with Crippen LogP contribution in [0.1, 0.15) is 28.4 Å². The van der Waals surface area contributed by atoms with E-state index in [1.54, 1.807) is 0 Å².